The fourth-order valence-electron chi connectivity index (χ4n) is 2.36. The van der Waals surface area contributed by atoms with Crippen LogP contribution in [-0.2, 0) is 19.1 Å². The summed E-state index contributed by atoms with van der Waals surface area (Å²) < 4.78 is 43.3. The van der Waals surface area contributed by atoms with Gasteiger partial charge in [0.15, 0.2) is 11.7 Å². The van der Waals surface area contributed by atoms with Crippen LogP contribution in [-0.4, -0.2) is 24.5 Å². The maximum atomic E-state index is 12.5. The van der Waals surface area contributed by atoms with Crippen LogP contribution in [0.2, 0.25) is 0 Å². The summed E-state index contributed by atoms with van der Waals surface area (Å²) in [5, 5.41) is 8.65. The number of guanidine groups is 1. The summed E-state index contributed by atoms with van der Waals surface area (Å²) in [6.45, 7) is 0.869. The molecule has 5 nitrogen and oxygen atoms in total. The lowest BCUT2D eigenvalue weighted by Crippen LogP contribution is -2.37. The van der Waals surface area contributed by atoms with Gasteiger partial charge < -0.3 is 15.1 Å². The van der Waals surface area contributed by atoms with E-state index in [1.807, 2.05) is 30.3 Å². The summed E-state index contributed by atoms with van der Waals surface area (Å²) >= 11 is 1.00. The zero-order chi connectivity index (χ0) is 18.6. The van der Waals surface area contributed by atoms with Crippen LogP contribution in [0.3, 0.4) is 0 Å². The van der Waals surface area contributed by atoms with Crippen LogP contribution >= 0.6 is 35.3 Å². The molecule has 146 valence electrons. The average Bonchev–Trinajstić information content (AvgIpc) is 3.24. The molecule has 0 saturated heterocycles. The van der Waals surface area contributed by atoms with Crippen molar-refractivity contribution in [2.75, 3.05) is 13.6 Å². The molecule has 2 N–H and O–H groups in total. The molecule has 27 heavy (non-hydrogen) atoms. The number of nitrogens with one attached hydrogen (secondary N) is 2. The lowest BCUT2D eigenvalue weighted by Gasteiger charge is -2.10. The maximum Gasteiger partial charge on any atom is 0.434 e. The highest BCUT2D eigenvalue weighted by Gasteiger charge is 2.33. The van der Waals surface area contributed by atoms with E-state index in [0.717, 1.165) is 33.4 Å². The van der Waals surface area contributed by atoms with Crippen molar-refractivity contribution in [1.82, 2.24) is 15.6 Å². The summed E-state index contributed by atoms with van der Waals surface area (Å²) in [7, 11) is 1.62. The quantitative estimate of drug-likeness (QED) is 0.303. The number of nitrogens with zero attached hydrogens (tertiary/aromatic N) is 2. The van der Waals surface area contributed by atoms with Crippen molar-refractivity contribution >= 4 is 52.2 Å². The van der Waals surface area contributed by atoms with Gasteiger partial charge in [-0.15, -0.1) is 35.3 Å². The summed E-state index contributed by atoms with van der Waals surface area (Å²) in [5.74, 6) is 1.31. The second-order valence-corrected chi connectivity index (χ2v) is 6.42. The Labute approximate surface area is 175 Å². The van der Waals surface area contributed by atoms with Crippen molar-refractivity contribution in [3.8, 4) is 0 Å². The molecule has 0 amide bonds. The Morgan fingerprint density at radius 2 is 2.04 bits per heavy atom. The topological polar surface area (TPSA) is 62.5 Å². The Kier molecular flexibility index (Phi) is 7.48. The number of para-hydroxylation sites is 1. The Hall–Kier alpha value is -1.82. The van der Waals surface area contributed by atoms with Gasteiger partial charge in [-0.05, 0) is 12.1 Å². The highest BCUT2D eigenvalue weighted by atomic mass is 127. The molecule has 0 bridgehead atoms. The van der Waals surface area contributed by atoms with Gasteiger partial charge in [-0.2, -0.15) is 13.2 Å². The summed E-state index contributed by atoms with van der Waals surface area (Å²) in [6, 6.07) is 9.67. The minimum absolute atomic E-state index is 0. The minimum atomic E-state index is -4.40. The monoisotopic (exact) mass is 510 g/mol. The van der Waals surface area contributed by atoms with Gasteiger partial charge in [0, 0.05) is 30.8 Å². The molecule has 0 unspecified atom stereocenters. The van der Waals surface area contributed by atoms with E-state index in [1.54, 1.807) is 7.05 Å². The van der Waals surface area contributed by atoms with E-state index in [4.69, 9.17) is 4.42 Å². The van der Waals surface area contributed by atoms with Gasteiger partial charge in [0.1, 0.15) is 11.3 Å². The molecule has 0 radical (unpaired) electrons. The molecule has 10 heteroatoms. The Morgan fingerprint density at radius 1 is 1.26 bits per heavy atom. The molecule has 3 rings (SSSR count). The summed E-state index contributed by atoms with van der Waals surface area (Å²) in [5.41, 5.74) is -0.0265. The van der Waals surface area contributed by atoms with Gasteiger partial charge in [-0.25, -0.2) is 4.98 Å². The first-order valence-corrected chi connectivity index (χ1v) is 8.77. The van der Waals surface area contributed by atoms with Gasteiger partial charge >= 0.3 is 6.18 Å². The maximum absolute atomic E-state index is 12.5. The second kappa shape index (κ2) is 9.40. The zero-order valence-corrected chi connectivity index (χ0v) is 17.5. The van der Waals surface area contributed by atoms with Gasteiger partial charge in [-0.3, -0.25) is 4.99 Å². The fraction of sp³-hybridized carbons (Fsp3) is 0.294. The molecule has 0 aliphatic carbocycles. The standard InChI is InChI=1S/C17H17F3N4OS.HI/c1-21-16(22-7-6-15-24-14(10-26-15)17(18,19)20)23-9-12-8-11-4-2-3-5-13(11)25-12;/h2-5,8,10H,6-7,9H2,1H3,(H2,21,22,23);1H. The number of hydrogen-bond donors (Lipinski definition) is 2. The van der Waals surface area contributed by atoms with E-state index in [2.05, 4.69) is 20.6 Å². The molecule has 0 spiro atoms. The van der Waals surface area contributed by atoms with Crippen LogP contribution < -0.4 is 10.6 Å². The number of benzene rings is 1. The molecule has 0 fully saturated rings. The number of hydrogen-bond acceptors (Lipinski definition) is 4. The second-order valence-electron chi connectivity index (χ2n) is 5.48. The van der Waals surface area contributed by atoms with Crippen molar-refractivity contribution in [3.63, 3.8) is 0 Å². The van der Waals surface area contributed by atoms with E-state index in [9.17, 15) is 13.2 Å². The van der Waals surface area contributed by atoms with Crippen LogP contribution in [0.15, 0.2) is 45.1 Å². The number of thiazole rings is 1. The molecule has 0 atom stereocenters. The number of halogens is 4. The van der Waals surface area contributed by atoms with Crippen LogP contribution in [0.1, 0.15) is 16.5 Å². The van der Waals surface area contributed by atoms with Crippen LogP contribution in [0.4, 0.5) is 13.2 Å². The third-order valence-electron chi connectivity index (χ3n) is 3.60. The van der Waals surface area contributed by atoms with Crippen molar-refractivity contribution in [1.29, 1.82) is 0 Å². The molecule has 0 aliphatic heterocycles. The van der Waals surface area contributed by atoms with Crippen LogP contribution in [0.5, 0.6) is 0 Å². The molecule has 0 saturated carbocycles. The molecule has 0 aliphatic rings. The number of aromatic nitrogens is 1. The van der Waals surface area contributed by atoms with Gasteiger partial charge in [-0.1, -0.05) is 18.2 Å². The van der Waals surface area contributed by atoms with Crippen molar-refractivity contribution in [2.24, 2.45) is 4.99 Å². The molecule has 3 aromatic rings. The molecular weight excluding hydrogens is 492 g/mol. The lowest BCUT2D eigenvalue weighted by molar-refractivity contribution is -0.140. The van der Waals surface area contributed by atoms with Crippen molar-refractivity contribution in [2.45, 2.75) is 19.1 Å². The normalized spacial score (nSPS) is 12.1. The van der Waals surface area contributed by atoms with Crippen molar-refractivity contribution < 1.29 is 17.6 Å². The number of rotatable bonds is 5. The fourth-order valence-corrected chi connectivity index (χ4v) is 3.16. The van der Waals surface area contributed by atoms with E-state index in [0.29, 0.717) is 30.5 Å². The molecule has 1 aromatic carbocycles. The molecular formula is C17H18F3IN4OS. The van der Waals surface area contributed by atoms with E-state index in [1.165, 1.54) is 0 Å². The number of furan rings is 1. The molecule has 2 aromatic heterocycles. The number of aliphatic imine (C=N–C) groups is 1. The Morgan fingerprint density at radius 3 is 2.70 bits per heavy atom. The van der Waals surface area contributed by atoms with Crippen molar-refractivity contribution in [3.05, 3.63) is 52.2 Å². The first-order valence-electron chi connectivity index (χ1n) is 7.89. The SMILES string of the molecule is CN=C(NCCc1nc(C(F)(F)F)cs1)NCc1cc2ccccc2o1.I. The average molecular weight is 510 g/mol. The van der Waals surface area contributed by atoms with Gasteiger partial charge in [0.25, 0.3) is 0 Å². The summed E-state index contributed by atoms with van der Waals surface area (Å²) in [4.78, 5) is 7.69. The highest BCUT2D eigenvalue weighted by molar-refractivity contribution is 14.0. The largest absolute Gasteiger partial charge is 0.459 e. The first kappa shape index (κ1) is 21.5. The minimum Gasteiger partial charge on any atom is -0.459 e. The van der Waals surface area contributed by atoms with Gasteiger partial charge in [0.05, 0.1) is 11.6 Å². The Bertz CT molecular complexity index is 874. The third kappa shape index (κ3) is 5.83. The predicted molar refractivity (Wildman–Crippen MR) is 111 cm³/mol. The zero-order valence-electron chi connectivity index (χ0n) is 14.3. The predicted octanol–water partition coefficient (Wildman–Crippen LogP) is 4.43. The first-order chi connectivity index (χ1) is 12.5. The van der Waals surface area contributed by atoms with E-state index in [-0.39, 0.29) is 24.0 Å². The smallest absolute Gasteiger partial charge is 0.434 e. The van der Waals surface area contributed by atoms with E-state index >= 15 is 0 Å². The summed E-state index contributed by atoms with van der Waals surface area (Å²) in [6.07, 6.45) is -4.02. The van der Waals surface area contributed by atoms with Gasteiger partial charge in [0.2, 0.25) is 0 Å². The lowest BCUT2D eigenvalue weighted by atomic mass is 10.2. The number of alkyl halides is 3. The third-order valence-corrected chi connectivity index (χ3v) is 4.51. The highest BCUT2D eigenvalue weighted by Crippen LogP contribution is 2.30. The van der Waals surface area contributed by atoms with Crippen LogP contribution in [0.25, 0.3) is 11.0 Å². The van der Waals surface area contributed by atoms with Crippen LogP contribution in [0, 0.1) is 0 Å². The molecule has 2 heterocycles. The number of fused-ring (bicyclic) bond motifs is 1. The Balaban J connectivity index is 0.00000261. The van der Waals surface area contributed by atoms with E-state index < -0.39 is 11.9 Å².